The Labute approximate surface area is 166 Å². The highest BCUT2D eigenvalue weighted by Gasteiger charge is 2.34. The van der Waals surface area contributed by atoms with Gasteiger partial charge in [0.2, 0.25) is 0 Å². The van der Waals surface area contributed by atoms with Crippen LogP contribution in [0.3, 0.4) is 0 Å². The molecule has 28 heavy (non-hydrogen) atoms. The van der Waals surface area contributed by atoms with Gasteiger partial charge in [-0.1, -0.05) is 44.2 Å². The summed E-state index contributed by atoms with van der Waals surface area (Å²) in [7, 11) is 0. The number of benzene rings is 1. The lowest BCUT2D eigenvalue weighted by atomic mass is 9.70. The zero-order chi connectivity index (χ0) is 20.5. The summed E-state index contributed by atoms with van der Waals surface area (Å²) in [6.07, 6.45) is 1.77. The molecule has 0 fully saturated rings. The SMILES string of the molecule is CC(C)C(C)(c1ccc(-c2ccc(N)nn2)cc1)c1ccc(C(C)(C)O)cn1. The average Bonchev–Trinajstić information content (AvgIpc) is 2.67. The molecule has 0 bridgehead atoms. The smallest absolute Gasteiger partial charge is 0.146 e. The highest BCUT2D eigenvalue weighted by atomic mass is 16.3. The van der Waals surface area contributed by atoms with E-state index < -0.39 is 5.60 Å². The molecule has 0 aliphatic heterocycles. The lowest BCUT2D eigenvalue weighted by molar-refractivity contribution is 0.0781. The fourth-order valence-corrected chi connectivity index (χ4v) is 3.32. The van der Waals surface area contributed by atoms with Gasteiger partial charge in [-0.25, -0.2) is 0 Å². The quantitative estimate of drug-likeness (QED) is 0.693. The van der Waals surface area contributed by atoms with Crippen LogP contribution in [-0.2, 0) is 11.0 Å². The van der Waals surface area contributed by atoms with Crippen molar-refractivity contribution in [3.63, 3.8) is 0 Å². The fraction of sp³-hybridized carbons (Fsp3) is 0.348. The molecule has 146 valence electrons. The van der Waals surface area contributed by atoms with E-state index in [-0.39, 0.29) is 5.41 Å². The Morgan fingerprint density at radius 3 is 1.96 bits per heavy atom. The van der Waals surface area contributed by atoms with Gasteiger partial charge < -0.3 is 10.8 Å². The van der Waals surface area contributed by atoms with Gasteiger partial charge in [-0.2, -0.15) is 0 Å². The van der Waals surface area contributed by atoms with Crippen LogP contribution in [-0.4, -0.2) is 20.3 Å². The number of rotatable bonds is 5. The molecule has 3 rings (SSSR count). The molecular weight excluding hydrogens is 348 g/mol. The van der Waals surface area contributed by atoms with Crippen LogP contribution < -0.4 is 5.73 Å². The van der Waals surface area contributed by atoms with Gasteiger partial charge in [0.1, 0.15) is 5.82 Å². The van der Waals surface area contributed by atoms with Crippen LogP contribution in [0.4, 0.5) is 5.82 Å². The lowest BCUT2D eigenvalue weighted by Crippen LogP contribution is -2.31. The molecule has 2 aromatic heterocycles. The van der Waals surface area contributed by atoms with E-state index in [2.05, 4.69) is 55.2 Å². The van der Waals surface area contributed by atoms with E-state index >= 15 is 0 Å². The zero-order valence-corrected chi connectivity index (χ0v) is 17.1. The first-order chi connectivity index (χ1) is 13.1. The number of anilines is 1. The molecule has 0 aliphatic rings. The fourth-order valence-electron chi connectivity index (χ4n) is 3.32. The normalized spacial score (nSPS) is 14.1. The summed E-state index contributed by atoms with van der Waals surface area (Å²) in [5.41, 5.74) is 9.21. The lowest BCUT2D eigenvalue weighted by Gasteiger charge is -2.34. The Balaban J connectivity index is 1.98. The van der Waals surface area contributed by atoms with Gasteiger partial charge in [-0.3, -0.25) is 4.98 Å². The standard InChI is InChI=1S/C23H28N4O/c1-15(2)23(5,20-12-10-18(14-25-20)22(3,4)28)17-8-6-16(7-9-17)19-11-13-21(24)27-26-19/h6-15,28H,1-5H3,(H2,24,27). The number of nitrogens with zero attached hydrogens (tertiary/aromatic N) is 3. The summed E-state index contributed by atoms with van der Waals surface area (Å²) >= 11 is 0. The van der Waals surface area contributed by atoms with Crippen LogP contribution in [0.25, 0.3) is 11.3 Å². The van der Waals surface area contributed by atoms with Crippen LogP contribution in [0.2, 0.25) is 0 Å². The first-order valence-electron chi connectivity index (χ1n) is 9.52. The number of aliphatic hydroxyl groups is 1. The first kappa shape index (κ1) is 20.0. The topological polar surface area (TPSA) is 84.9 Å². The maximum absolute atomic E-state index is 10.2. The molecule has 5 nitrogen and oxygen atoms in total. The van der Waals surface area contributed by atoms with Crippen molar-refractivity contribution in [1.29, 1.82) is 0 Å². The molecule has 1 unspecified atom stereocenters. The van der Waals surface area contributed by atoms with Gasteiger partial charge in [0.05, 0.1) is 17.0 Å². The van der Waals surface area contributed by atoms with Crippen molar-refractivity contribution in [1.82, 2.24) is 15.2 Å². The monoisotopic (exact) mass is 376 g/mol. The molecular formula is C23H28N4O. The summed E-state index contributed by atoms with van der Waals surface area (Å²) < 4.78 is 0. The molecule has 5 heteroatoms. The van der Waals surface area contributed by atoms with Gasteiger partial charge in [-0.15, -0.1) is 10.2 Å². The summed E-state index contributed by atoms with van der Waals surface area (Å²) in [6, 6.07) is 16.0. The van der Waals surface area contributed by atoms with Crippen LogP contribution in [0.15, 0.2) is 54.7 Å². The predicted molar refractivity (Wildman–Crippen MR) is 113 cm³/mol. The number of nitrogens with two attached hydrogens (primary N) is 1. The van der Waals surface area contributed by atoms with Crippen molar-refractivity contribution in [3.8, 4) is 11.3 Å². The largest absolute Gasteiger partial charge is 0.386 e. The minimum atomic E-state index is -0.901. The Bertz CT molecular complexity index is 926. The molecule has 0 saturated carbocycles. The Kier molecular flexibility index (Phi) is 5.22. The number of pyridine rings is 1. The Hall–Kier alpha value is -2.79. The summed E-state index contributed by atoms with van der Waals surface area (Å²) in [5, 5.41) is 18.3. The Morgan fingerprint density at radius 1 is 0.857 bits per heavy atom. The third-order valence-corrected chi connectivity index (χ3v) is 5.62. The minimum absolute atomic E-state index is 0.260. The molecule has 0 radical (unpaired) electrons. The van der Waals surface area contributed by atoms with Gasteiger partial charge in [0.15, 0.2) is 0 Å². The van der Waals surface area contributed by atoms with E-state index in [1.807, 2.05) is 18.2 Å². The predicted octanol–water partition coefficient (Wildman–Crippen LogP) is 4.31. The van der Waals surface area contributed by atoms with Crippen molar-refractivity contribution >= 4 is 5.82 Å². The van der Waals surface area contributed by atoms with Gasteiger partial charge in [0, 0.05) is 22.7 Å². The van der Waals surface area contributed by atoms with Crippen LogP contribution in [0.1, 0.15) is 51.4 Å². The minimum Gasteiger partial charge on any atom is -0.386 e. The maximum atomic E-state index is 10.2. The van der Waals surface area contributed by atoms with E-state index in [0.29, 0.717) is 11.7 Å². The third kappa shape index (κ3) is 3.76. The summed E-state index contributed by atoms with van der Waals surface area (Å²) in [5.74, 6) is 0.739. The van der Waals surface area contributed by atoms with E-state index in [1.54, 1.807) is 26.1 Å². The molecule has 2 heterocycles. The molecule has 1 aromatic carbocycles. The van der Waals surface area contributed by atoms with Crippen LogP contribution >= 0.6 is 0 Å². The molecule has 0 saturated heterocycles. The van der Waals surface area contributed by atoms with Crippen molar-refractivity contribution < 1.29 is 5.11 Å². The molecule has 0 amide bonds. The van der Waals surface area contributed by atoms with Gasteiger partial charge in [-0.05, 0) is 50.5 Å². The van der Waals surface area contributed by atoms with Crippen molar-refractivity contribution in [2.24, 2.45) is 5.92 Å². The second-order valence-electron chi connectivity index (χ2n) is 8.27. The molecule has 3 N–H and O–H groups in total. The number of hydrogen-bond acceptors (Lipinski definition) is 5. The average molecular weight is 377 g/mol. The summed E-state index contributed by atoms with van der Waals surface area (Å²) in [4.78, 5) is 4.71. The number of aromatic nitrogens is 3. The second-order valence-corrected chi connectivity index (χ2v) is 8.27. The van der Waals surface area contributed by atoms with E-state index in [9.17, 15) is 5.11 Å². The Morgan fingerprint density at radius 2 is 1.50 bits per heavy atom. The third-order valence-electron chi connectivity index (χ3n) is 5.62. The number of hydrogen-bond donors (Lipinski definition) is 2. The van der Waals surface area contributed by atoms with Gasteiger partial charge in [0.25, 0.3) is 0 Å². The highest BCUT2D eigenvalue weighted by molar-refractivity contribution is 5.60. The maximum Gasteiger partial charge on any atom is 0.146 e. The van der Waals surface area contributed by atoms with Gasteiger partial charge >= 0.3 is 0 Å². The second kappa shape index (κ2) is 7.32. The zero-order valence-electron chi connectivity index (χ0n) is 17.1. The molecule has 0 aliphatic carbocycles. The number of nitrogen functional groups attached to an aromatic ring is 1. The highest BCUT2D eigenvalue weighted by Crippen LogP contribution is 2.39. The summed E-state index contributed by atoms with van der Waals surface area (Å²) in [6.45, 7) is 10.1. The van der Waals surface area contributed by atoms with E-state index in [1.165, 1.54) is 5.56 Å². The molecule has 1 atom stereocenters. The van der Waals surface area contributed by atoms with Crippen molar-refractivity contribution in [3.05, 3.63) is 71.5 Å². The van der Waals surface area contributed by atoms with E-state index in [4.69, 9.17) is 10.7 Å². The molecule has 3 aromatic rings. The van der Waals surface area contributed by atoms with Crippen molar-refractivity contribution in [2.75, 3.05) is 5.73 Å². The van der Waals surface area contributed by atoms with Crippen molar-refractivity contribution in [2.45, 2.75) is 45.6 Å². The molecule has 0 spiro atoms. The van der Waals surface area contributed by atoms with Crippen LogP contribution in [0.5, 0.6) is 0 Å². The van der Waals surface area contributed by atoms with Crippen LogP contribution in [0, 0.1) is 5.92 Å². The first-order valence-corrected chi connectivity index (χ1v) is 9.52. The van der Waals surface area contributed by atoms with E-state index in [0.717, 1.165) is 22.5 Å².